The number of hydrogen-bond acceptors (Lipinski definition) is 6. The second-order valence-electron chi connectivity index (χ2n) is 4.02. The Hall–Kier alpha value is -2.41. The number of benzene rings is 1. The van der Waals surface area contributed by atoms with Crippen molar-refractivity contribution in [3.8, 4) is 5.75 Å². The van der Waals surface area contributed by atoms with E-state index in [1.54, 1.807) is 19.2 Å². The number of carbonyl (C=O) groups excluding carboxylic acids is 1. The van der Waals surface area contributed by atoms with Gasteiger partial charge in [0, 0.05) is 6.07 Å². The summed E-state index contributed by atoms with van der Waals surface area (Å²) >= 11 is 1.31. The monoisotopic (exact) mass is 290 g/mol. The van der Waals surface area contributed by atoms with Crippen molar-refractivity contribution in [2.75, 3.05) is 14.2 Å². The lowest BCUT2D eigenvalue weighted by Gasteiger charge is -2.00. The molecule has 0 amide bonds. The molecule has 7 heteroatoms. The molecule has 3 aromatic rings. The molecule has 0 saturated carbocycles. The first-order valence-electron chi connectivity index (χ1n) is 5.72. The van der Waals surface area contributed by atoms with E-state index in [2.05, 4.69) is 9.72 Å². The van der Waals surface area contributed by atoms with Crippen molar-refractivity contribution in [3.05, 3.63) is 40.3 Å². The predicted molar refractivity (Wildman–Crippen MR) is 74.7 cm³/mol. The maximum absolute atomic E-state index is 12.1. The van der Waals surface area contributed by atoms with Gasteiger partial charge in [0.25, 0.3) is 5.56 Å². The van der Waals surface area contributed by atoms with Gasteiger partial charge in [-0.25, -0.2) is 9.78 Å². The lowest BCUT2D eigenvalue weighted by Crippen LogP contribution is -2.16. The van der Waals surface area contributed by atoms with Crippen LogP contribution in [-0.2, 0) is 4.74 Å². The summed E-state index contributed by atoms with van der Waals surface area (Å²) < 4.78 is 12.1. The first kappa shape index (κ1) is 12.6. The fourth-order valence-electron chi connectivity index (χ4n) is 1.95. The molecule has 3 rings (SSSR count). The van der Waals surface area contributed by atoms with Crippen LogP contribution in [-0.4, -0.2) is 29.6 Å². The van der Waals surface area contributed by atoms with Crippen LogP contribution in [0.5, 0.6) is 5.75 Å². The van der Waals surface area contributed by atoms with Gasteiger partial charge in [0.1, 0.15) is 5.75 Å². The van der Waals surface area contributed by atoms with Gasteiger partial charge in [-0.15, -0.1) is 0 Å². The van der Waals surface area contributed by atoms with Crippen LogP contribution in [0.25, 0.3) is 15.2 Å². The molecule has 20 heavy (non-hydrogen) atoms. The van der Waals surface area contributed by atoms with Gasteiger partial charge in [0.05, 0.1) is 24.4 Å². The highest BCUT2D eigenvalue weighted by Crippen LogP contribution is 2.27. The van der Waals surface area contributed by atoms with E-state index < -0.39 is 5.97 Å². The summed E-state index contributed by atoms with van der Waals surface area (Å²) in [4.78, 5) is 28.2. The summed E-state index contributed by atoms with van der Waals surface area (Å²) in [5.74, 6) is 0.0740. The van der Waals surface area contributed by atoms with E-state index in [-0.39, 0.29) is 11.3 Å². The lowest BCUT2D eigenvalue weighted by atomic mass is 10.3. The predicted octanol–water partition coefficient (Wildman–Crippen LogP) is 1.70. The number of aromatic nitrogens is 2. The Kier molecular flexibility index (Phi) is 2.90. The zero-order valence-corrected chi connectivity index (χ0v) is 11.6. The summed E-state index contributed by atoms with van der Waals surface area (Å²) in [5.41, 5.74) is 0.433. The molecule has 2 aromatic heterocycles. The molecule has 0 radical (unpaired) electrons. The Bertz CT molecular complexity index is 881. The summed E-state index contributed by atoms with van der Waals surface area (Å²) in [5, 5.41) is 0. The lowest BCUT2D eigenvalue weighted by molar-refractivity contribution is 0.0594. The Morgan fingerprint density at radius 2 is 2.10 bits per heavy atom. The summed E-state index contributed by atoms with van der Waals surface area (Å²) in [6.45, 7) is 0. The molecular formula is C13H10N2O4S. The molecule has 1 aromatic carbocycles. The number of carbonyl (C=O) groups is 1. The largest absolute Gasteiger partial charge is 0.497 e. The molecule has 0 N–H and O–H groups in total. The van der Waals surface area contributed by atoms with Gasteiger partial charge in [0.15, 0.2) is 10.7 Å². The fourth-order valence-corrected chi connectivity index (χ4v) is 3.01. The number of rotatable bonds is 2. The van der Waals surface area contributed by atoms with Crippen LogP contribution < -0.4 is 10.3 Å². The second kappa shape index (κ2) is 4.61. The van der Waals surface area contributed by atoms with Gasteiger partial charge in [-0.05, 0) is 18.2 Å². The highest BCUT2D eigenvalue weighted by atomic mass is 32.1. The first-order valence-corrected chi connectivity index (χ1v) is 6.54. The molecule has 0 spiro atoms. The third kappa shape index (κ3) is 1.83. The summed E-state index contributed by atoms with van der Waals surface area (Å²) in [6.07, 6.45) is 0. The quantitative estimate of drug-likeness (QED) is 0.672. The molecule has 102 valence electrons. The van der Waals surface area contributed by atoms with Crippen molar-refractivity contribution in [2.24, 2.45) is 0 Å². The molecule has 0 aliphatic heterocycles. The van der Waals surface area contributed by atoms with E-state index in [0.29, 0.717) is 10.7 Å². The minimum Gasteiger partial charge on any atom is -0.497 e. The Morgan fingerprint density at radius 1 is 1.30 bits per heavy atom. The molecule has 0 aliphatic rings. The van der Waals surface area contributed by atoms with Gasteiger partial charge in [0.2, 0.25) is 0 Å². The van der Waals surface area contributed by atoms with Crippen molar-refractivity contribution in [2.45, 2.75) is 0 Å². The van der Waals surface area contributed by atoms with Crippen molar-refractivity contribution in [1.29, 1.82) is 0 Å². The zero-order chi connectivity index (χ0) is 14.3. The maximum Gasteiger partial charge on any atom is 0.356 e. The molecule has 0 atom stereocenters. The SMILES string of the molecule is COC(=O)c1cc(=O)n2c(n1)sc1cc(OC)ccc12. The third-order valence-corrected chi connectivity index (χ3v) is 3.89. The highest BCUT2D eigenvalue weighted by molar-refractivity contribution is 7.23. The third-order valence-electron chi connectivity index (χ3n) is 2.89. The number of thiazole rings is 1. The Labute approximate surface area is 117 Å². The van der Waals surface area contributed by atoms with Gasteiger partial charge in [-0.1, -0.05) is 11.3 Å². The summed E-state index contributed by atoms with van der Waals surface area (Å²) in [7, 11) is 2.83. The maximum atomic E-state index is 12.1. The standard InChI is InChI=1S/C13H10N2O4S/c1-18-7-3-4-9-10(5-7)20-13-14-8(12(17)19-2)6-11(16)15(9)13/h3-6H,1-2H3. The van der Waals surface area contributed by atoms with Gasteiger partial charge >= 0.3 is 5.97 Å². The average molecular weight is 290 g/mol. The van der Waals surface area contributed by atoms with Crippen molar-refractivity contribution in [1.82, 2.24) is 9.38 Å². The van der Waals surface area contributed by atoms with Crippen molar-refractivity contribution < 1.29 is 14.3 Å². The van der Waals surface area contributed by atoms with E-state index in [1.807, 2.05) is 6.07 Å². The van der Waals surface area contributed by atoms with E-state index in [9.17, 15) is 9.59 Å². The average Bonchev–Trinajstić information content (AvgIpc) is 2.83. The van der Waals surface area contributed by atoms with Crippen LogP contribution in [0.1, 0.15) is 10.5 Å². The van der Waals surface area contributed by atoms with E-state index in [4.69, 9.17) is 4.74 Å². The number of nitrogens with zero attached hydrogens (tertiary/aromatic N) is 2. The molecule has 0 fully saturated rings. The number of hydrogen-bond donors (Lipinski definition) is 0. The Morgan fingerprint density at radius 3 is 2.80 bits per heavy atom. The van der Waals surface area contributed by atoms with E-state index in [1.165, 1.54) is 28.9 Å². The van der Waals surface area contributed by atoms with Crippen LogP contribution >= 0.6 is 11.3 Å². The highest BCUT2D eigenvalue weighted by Gasteiger charge is 2.14. The van der Waals surface area contributed by atoms with Gasteiger partial charge in [-0.2, -0.15) is 0 Å². The number of esters is 1. The minimum absolute atomic E-state index is 0.0102. The molecular weight excluding hydrogens is 280 g/mol. The van der Waals surface area contributed by atoms with Gasteiger partial charge in [-0.3, -0.25) is 9.20 Å². The number of methoxy groups -OCH3 is 2. The molecule has 2 heterocycles. The van der Waals surface area contributed by atoms with E-state index in [0.717, 1.165) is 10.2 Å². The van der Waals surface area contributed by atoms with Crippen LogP contribution in [0.15, 0.2) is 29.1 Å². The fraction of sp³-hybridized carbons (Fsp3) is 0.154. The van der Waals surface area contributed by atoms with Crippen LogP contribution in [0.2, 0.25) is 0 Å². The Balaban J connectivity index is 2.35. The van der Waals surface area contributed by atoms with Crippen LogP contribution in [0.3, 0.4) is 0 Å². The molecule has 0 unspecified atom stereocenters. The van der Waals surface area contributed by atoms with Gasteiger partial charge < -0.3 is 9.47 Å². The van der Waals surface area contributed by atoms with Crippen molar-refractivity contribution >= 4 is 32.5 Å². The van der Waals surface area contributed by atoms with Crippen LogP contribution in [0.4, 0.5) is 0 Å². The zero-order valence-electron chi connectivity index (χ0n) is 10.7. The molecule has 0 saturated heterocycles. The number of ether oxygens (including phenoxy) is 2. The van der Waals surface area contributed by atoms with E-state index >= 15 is 0 Å². The number of fused-ring (bicyclic) bond motifs is 3. The topological polar surface area (TPSA) is 69.9 Å². The minimum atomic E-state index is -0.625. The molecule has 0 bridgehead atoms. The smallest absolute Gasteiger partial charge is 0.356 e. The van der Waals surface area contributed by atoms with Crippen molar-refractivity contribution in [3.63, 3.8) is 0 Å². The van der Waals surface area contributed by atoms with Crippen LogP contribution in [0, 0.1) is 0 Å². The summed E-state index contributed by atoms with van der Waals surface area (Å²) in [6, 6.07) is 6.56. The first-order chi connectivity index (χ1) is 9.63. The second-order valence-corrected chi connectivity index (χ2v) is 5.03. The molecule has 0 aliphatic carbocycles. The normalized spacial score (nSPS) is 10.9. The molecule has 6 nitrogen and oxygen atoms in total.